The summed E-state index contributed by atoms with van der Waals surface area (Å²) in [5.41, 5.74) is 0.842. The Kier molecular flexibility index (Phi) is 6.29. The molecule has 0 radical (unpaired) electrons. The molecule has 0 aromatic heterocycles. The van der Waals surface area contributed by atoms with Gasteiger partial charge in [-0.3, -0.25) is 9.59 Å². The number of carboxylic acids is 2. The molecule has 3 aromatic rings. The summed E-state index contributed by atoms with van der Waals surface area (Å²) in [7, 11) is 0. The number of fused-ring (bicyclic) bond motifs is 4. The van der Waals surface area contributed by atoms with Crippen molar-refractivity contribution >= 4 is 46.5 Å². The normalized spacial score (nSPS) is 12.3. The SMILES string of the molecule is O=C(O)CCOc1ccc2c(c1)N=c1c(Cl)c3c(c(Cl)c1O2)=Nc1cc(OCCC(=O)O)ccc1O3. The van der Waals surface area contributed by atoms with Gasteiger partial charge in [0.25, 0.3) is 0 Å². The smallest absolute Gasteiger partial charge is 0.306 e. The second-order valence-corrected chi connectivity index (χ2v) is 8.41. The second kappa shape index (κ2) is 9.56. The number of aliphatic carboxylic acids is 2. The molecule has 12 heteroatoms. The molecule has 5 rings (SSSR count). The molecule has 10 nitrogen and oxygen atoms in total. The van der Waals surface area contributed by atoms with Gasteiger partial charge in [-0.25, -0.2) is 9.98 Å². The number of nitrogens with zero attached hydrogens (tertiary/aromatic N) is 2. The van der Waals surface area contributed by atoms with Crippen molar-refractivity contribution < 1.29 is 38.7 Å². The van der Waals surface area contributed by atoms with Gasteiger partial charge < -0.3 is 29.2 Å². The maximum atomic E-state index is 10.7. The van der Waals surface area contributed by atoms with E-state index in [1.807, 2.05) is 0 Å². The summed E-state index contributed by atoms with van der Waals surface area (Å²) < 4.78 is 22.9. The van der Waals surface area contributed by atoms with Gasteiger partial charge >= 0.3 is 11.9 Å². The Morgan fingerprint density at radius 1 is 0.750 bits per heavy atom. The van der Waals surface area contributed by atoms with Gasteiger partial charge in [0.1, 0.15) is 43.6 Å². The molecular formula is C24H16Cl2N2O8. The molecule has 0 saturated heterocycles. The number of hydrogen-bond acceptors (Lipinski definition) is 8. The molecule has 0 amide bonds. The lowest BCUT2D eigenvalue weighted by Gasteiger charge is -2.21. The Labute approximate surface area is 212 Å². The van der Waals surface area contributed by atoms with Crippen LogP contribution in [0, 0.1) is 0 Å². The van der Waals surface area contributed by atoms with Crippen LogP contribution < -0.4 is 29.7 Å². The number of rotatable bonds is 8. The van der Waals surface area contributed by atoms with Crippen molar-refractivity contribution in [2.24, 2.45) is 9.98 Å². The third-order valence-electron chi connectivity index (χ3n) is 5.16. The summed E-state index contributed by atoms with van der Waals surface area (Å²) in [4.78, 5) is 30.6. The Hall–Kier alpha value is -4.02. The number of ether oxygens (including phenoxy) is 4. The summed E-state index contributed by atoms with van der Waals surface area (Å²) in [6, 6.07) is 9.73. The van der Waals surface area contributed by atoms with E-state index >= 15 is 0 Å². The van der Waals surface area contributed by atoms with E-state index in [9.17, 15) is 9.59 Å². The first-order chi connectivity index (χ1) is 17.3. The van der Waals surface area contributed by atoms with Gasteiger partial charge in [-0.05, 0) is 24.3 Å². The Morgan fingerprint density at radius 2 is 1.17 bits per heavy atom. The predicted octanol–water partition coefficient (Wildman–Crippen LogP) is 4.81. The maximum absolute atomic E-state index is 10.7. The Bertz CT molecular complexity index is 1430. The van der Waals surface area contributed by atoms with Crippen molar-refractivity contribution in [2.75, 3.05) is 13.2 Å². The molecule has 2 aliphatic rings. The average Bonchev–Trinajstić information content (AvgIpc) is 2.85. The van der Waals surface area contributed by atoms with Gasteiger partial charge in [0.15, 0.2) is 23.0 Å². The van der Waals surface area contributed by atoms with Crippen LogP contribution >= 0.6 is 23.2 Å². The Balaban J connectivity index is 1.51. The van der Waals surface area contributed by atoms with Gasteiger partial charge in [-0.2, -0.15) is 0 Å². The van der Waals surface area contributed by atoms with Crippen LogP contribution in [0.25, 0.3) is 0 Å². The first kappa shape index (κ1) is 23.7. The predicted molar refractivity (Wildman–Crippen MR) is 127 cm³/mol. The van der Waals surface area contributed by atoms with E-state index < -0.39 is 11.9 Å². The Morgan fingerprint density at radius 3 is 1.56 bits per heavy atom. The van der Waals surface area contributed by atoms with Crippen LogP contribution in [0.3, 0.4) is 0 Å². The lowest BCUT2D eigenvalue weighted by Crippen LogP contribution is -2.22. The monoisotopic (exact) mass is 530 g/mol. The third-order valence-corrected chi connectivity index (χ3v) is 5.86. The van der Waals surface area contributed by atoms with Crippen molar-refractivity contribution in [3.63, 3.8) is 0 Å². The van der Waals surface area contributed by atoms with Crippen molar-refractivity contribution in [1.29, 1.82) is 0 Å². The highest BCUT2D eigenvalue weighted by atomic mass is 35.5. The summed E-state index contributed by atoms with van der Waals surface area (Å²) in [6.45, 7) is 0.0133. The zero-order chi connectivity index (χ0) is 25.4. The molecule has 184 valence electrons. The van der Waals surface area contributed by atoms with Gasteiger partial charge in [0, 0.05) is 12.1 Å². The first-order valence-corrected chi connectivity index (χ1v) is 11.4. The van der Waals surface area contributed by atoms with Crippen LogP contribution in [0.1, 0.15) is 12.8 Å². The molecule has 0 bridgehead atoms. The van der Waals surface area contributed by atoms with E-state index in [2.05, 4.69) is 9.98 Å². The number of benzene rings is 3. The van der Waals surface area contributed by atoms with E-state index in [-0.39, 0.29) is 58.3 Å². The molecule has 0 spiro atoms. The molecule has 0 fully saturated rings. The minimum Gasteiger partial charge on any atom is -0.493 e. The summed E-state index contributed by atoms with van der Waals surface area (Å²) >= 11 is 13.3. The highest BCUT2D eigenvalue weighted by Gasteiger charge is 2.27. The zero-order valence-corrected chi connectivity index (χ0v) is 19.8. The molecule has 2 N–H and O–H groups in total. The van der Waals surface area contributed by atoms with Gasteiger partial charge in [0.05, 0.1) is 26.1 Å². The lowest BCUT2D eigenvalue weighted by molar-refractivity contribution is -0.138. The largest absolute Gasteiger partial charge is 0.493 e. The molecule has 0 saturated carbocycles. The second-order valence-electron chi connectivity index (χ2n) is 7.65. The topological polar surface area (TPSA) is 136 Å². The quantitative estimate of drug-likeness (QED) is 0.291. The third kappa shape index (κ3) is 4.60. The lowest BCUT2D eigenvalue weighted by atomic mass is 10.2. The summed E-state index contributed by atoms with van der Waals surface area (Å²) in [5.74, 6) is 0.133. The van der Waals surface area contributed by atoms with Crippen molar-refractivity contribution in [3.8, 4) is 34.5 Å². The number of carbonyl (C=O) groups is 2. The van der Waals surface area contributed by atoms with E-state index in [0.29, 0.717) is 34.4 Å². The molecular weight excluding hydrogens is 515 g/mol. The molecule has 0 unspecified atom stereocenters. The van der Waals surface area contributed by atoms with Crippen LogP contribution in [0.4, 0.5) is 11.4 Å². The number of halogens is 2. The number of carboxylic acid groups (broad SMARTS) is 2. The molecule has 2 aliphatic heterocycles. The maximum Gasteiger partial charge on any atom is 0.306 e. The molecule has 0 atom stereocenters. The molecule has 2 heterocycles. The van der Waals surface area contributed by atoms with E-state index in [0.717, 1.165) is 0 Å². The van der Waals surface area contributed by atoms with Crippen LogP contribution in [0.2, 0.25) is 10.0 Å². The van der Waals surface area contributed by atoms with E-state index in [1.54, 1.807) is 36.4 Å². The molecule has 3 aromatic carbocycles. The van der Waals surface area contributed by atoms with Crippen molar-refractivity contribution in [2.45, 2.75) is 12.8 Å². The van der Waals surface area contributed by atoms with Crippen molar-refractivity contribution in [3.05, 3.63) is 57.2 Å². The number of hydrogen-bond donors (Lipinski definition) is 2. The standard InChI is InChI=1S/C24H16Cl2N2O8/c25-19-22-24(36-16-4-2-12(10-14(16)28-22)34-8-6-18(31)32)20(26)21-23(19)35-15-3-1-11(9-13(15)27-21)33-7-5-17(29)30/h1-4,9-10H,5-8H2,(H,29,30)(H,31,32). The van der Waals surface area contributed by atoms with E-state index in [4.69, 9.17) is 52.4 Å². The van der Waals surface area contributed by atoms with Crippen LogP contribution in [0.5, 0.6) is 34.5 Å². The molecule has 36 heavy (non-hydrogen) atoms. The van der Waals surface area contributed by atoms with Crippen LogP contribution in [-0.2, 0) is 9.59 Å². The zero-order valence-electron chi connectivity index (χ0n) is 18.3. The minimum absolute atomic E-state index is 0.00667. The summed E-state index contributed by atoms with van der Waals surface area (Å²) in [5, 5.41) is 18.4. The van der Waals surface area contributed by atoms with Crippen molar-refractivity contribution in [1.82, 2.24) is 0 Å². The van der Waals surface area contributed by atoms with Gasteiger partial charge in [-0.15, -0.1) is 0 Å². The first-order valence-electron chi connectivity index (χ1n) is 10.6. The van der Waals surface area contributed by atoms with Crippen LogP contribution in [0.15, 0.2) is 46.4 Å². The highest BCUT2D eigenvalue weighted by Crippen LogP contribution is 2.44. The van der Waals surface area contributed by atoms with Gasteiger partial charge in [-0.1, -0.05) is 23.2 Å². The van der Waals surface area contributed by atoms with Gasteiger partial charge in [0.2, 0.25) is 0 Å². The van der Waals surface area contributed by atoms with Crippen LogP contribution in [-0.4, -0.2) is 35.4 Å². The highest BCUT2D eigenvalue weighted by molar-refractivity contribution is 6.35. The fourth-order valence-corrected chi connectivity index (χ4v) is 4.02. The fraction of sp³-hybridized carbons (Fsp3) is 0.167. The summed E-state index contributed by atoms with van der Waals surface area (Å²) in [6.07, 6.45) is -0.279. The fourth-order valence-electron chi connectivity index (χ4n) is 3.50. The van der Waals surface area contributed by atoms with E-state index in [1.165, 1.54) is 0 Å². The minimum atomic E-state index is -0.963. The average molecular weight is 531 g/mol. The molecule has 0 aliphatic carbocycles.